The monoisotopic (exact) mass is 415 g/mol. The third kappa shape index (κ3) is 4.99. The molecular formula is C23H21N5O3. The van der Waals surface area contributed by atoms with E-state index >= 15 is 0 Å². The van der Waals surface area contributed by atoms with E-state index in [1.165, 1.54) is 0 Å². The molecule has 0 bridgehead atoms. The van der Waals surface area contributed by atoms with E-state index in [1.54, 1.807) is 30.3 Å². The lowest BCUT2D eigenvalue weighted by Crippen LogP contribution is -2.25. The molecule has 0 fully saturated rings. The number of furan rings is 1. The maximum Gasteiger partial charge on any atom is 0.259 e. The summed E-state index contributed by atoms with van der Waals surface area (Å²) in [6, 6.07) is 20.7. The SMILES string of the molecule is COc1cccc(NCC(=O)N/N=C\c2cn(-c3ccccc3)nc2-c2ccco2)c1. The molecule has 0 saturated heterocycles. The molecule has 4 aromatic rings. The Labute approximate surface area is 179 Å². The van der Waals surface area contributed by atoms with Gasteiger partial charge in [0.15, 0.2) is 5.76 Å². The van der Waals surface area contributed by atoms with Crippen molar-refractivity contribution in [3.05, 3.63) is 84.8 Å². The Morgan fingerprint density at radius 2 is 2.03 bits per heavy atom. The smallest absolute Gasteiger partial charge is 0.259 e. The van der Waals surface area contributed by atoms with Crippen LogP contribution >= 0.6 is 0 Å². The second-order valence-corrected chi connectivity index (χ2v) is 6.57. The van der Waals surface area contributed by atoms with E-state index in [2.05, 4.69) is 20.9 Å². The van der Waals surface area contributed by atoms with Gasteiger partial charge in [0.2, 0.25) is 0 Å². The minimum Gasteiger partial charge on any atom is -0.497 e. The number of aromatic nitrogens is 2. The molecule has 1 amide bonds. The molecule has 8 heteroatoms. The van der Waals surface area contributed by atoms with E-state index in [-0.39, 0.29) is 12.5 Å². The van der Waals surface area contributed by atoms with Crippen LogP contribution in [0.3, 0.4) is 0 Å². The van der Waals surface area contributed by atoms with Gasteiger partial charge in [0, 0.05) is 23.5 Å². The third-order valence-corrected chi connectivity index (χ3v) is 4.43. The number of anilines is 1. The fourth-order valence-corrected chi connectivity index (χ4v) is 2.93. The summed E-state index contributed by atoms with van der Waals surface area (Å²) in [6.45, 7) is 0.0683. The Kier molecular flexibility index (Phi) is 6.08. The first-order valence-corrected chi connectivity index (χ1v) is 9.62. The van der Waals surface area contributed by atoms with Gasteiger partial charge in [-0.25, -0.2) is 10.1 Å². The minimum absolute atomic E-state index is 0.0683. The Hall–Kier alpha value is -4.33. The molecule has 0 unspecified atom stereocenters. The van der Waals surface area contributed by atoms with Gasteiger partial charge >= 0.3 is 0 Å². The number of amides is 1. The average Bonchev–Trinajstić information content (AvgIpc) is 3.48. The number of ether oxygens (including phenoxy) is 1. The first kappa shape index (κ1) is 20.0. The van der Waals surface area contributed by atoms with Gasteiger partial charge in [-0.2, -0.15) is 10.2 Å². The van der Waals surface area contributed by atoms with Crippen LogP contribution in [0.15, 0.2) is 88.7 Å². The minimum atomic E-state index is -0.283. The molecule has 0 aliphatic rings. The van der Waals surface area contributed by atoms with Crippen molar-refractivity contribution in [3.8, 4) is 22.9 Å². The van der Waals surface area contributed by atoms with Crippen LogP contribution in [0.5, 0.6) is 5.75 Å². The molecule has 2 aromatic carbocycles. The molecule has 0 saturated carbocycles. The molecule has 0 aliphatic heterocycles. The number of rotatable bonds is 8. The maximum atomic E-state index is 12.1. The fraction of sp³-hybridized carbons (Fsp3) is 0.0870. The van der Waals surface area contributed by atoms with Crippen molar-refractivity contribution in [1.82, 2.24) is 15.2 Å². The predicted octanol–water partition coefficient (Wildman–Crippen LogP) is 3.70. The van der Waals surface area contributed by atoms with Crippen molar-refractivity contribution in [1.29, 1.82) is 0 Å². The number of benzene rings is 2. The number of hydrazone groups is 1. The summed E-state index contributed by atoms with van der Waals surface area (Å²) in [6.07, 6.45) is 4.97. The number of carbonyl (C=O) groups is 1. The van der Waals surface area contributed by atoms with Crippen molar-refractivity contribution in [2.75, 3.05) is 19.0 Å². The summed E-state index contributed by atoms with van der Waals surface area (Å²) in [5, 5.41) is 11.7. The van der Waals surface area contributed by atoms with Crippen LogP contribution < -0.4 is 15.5 Å². The van der Waals surface area contributed by atoms with Crippen LogP contribution in [-0.4, -0.2) is 35.6 Å². The molecule has 0 radical (unpaired) electrons. The van der Waals surface area contributed by atoms with E-state index in [0.29, 0.717) is 22.8 Å². The summed E-state index contributed by atoms with van der Waals surface area (Å²) in [5.74, 6) is 1.04. The van der Waals surface area contributed by atoms with Crippen molar-refractivity contribution in [2.24, 2.45) is 5.10 Å². The molecule has 0 aliphatic carbocycles. The molecule has 0 atom stereocenters. The highest BCUT2D eigenvalue weighted by Crippen LogP contribution is 2.23. The van der Waals surface area contributed by atoms with Gasteiger partial charge in [-0.15, -0.1) is 0 Å². The van der Waals surface area contributed by atoms with Crippen LogP contribution in [0.25, 0.3) is 17.1 Å². The summed E-state index contributed by atoms with van der Waals surface area (Å²) >= 11 is 0. The van der Waals surface area contributed by atoms with Gasteiger partial charge in [0.1, 0.15) is 11.4 Å². The Morgan fingerprint density at radius 1 is 1.16 bits per heavy atom. The molecule has 0 spiro atoms. The van der Waals surface area contributed by atoms with Gasteiger partial charge in [0.25, 0.3) is 5.91 Å². The van der Waals surface area contributed by atoms with Gasteiger partial charge in [-0.05, 0) is 36.4 Å². The van der Waals surface area contributed by atoms with E-state index < -0.39 is 0 Å². The lowest BCUT2D eigenvalue weighted by Gasteiger charge is -2.06. The van der Waals surface area contributed by atoms with E-state index in [0.717, 1.165) is 11.4 Å². The summed E-state index contributed by atoms with van der Waals surface area (Å²) in [5.41, 5.74) is 5.54. The number of hydrogen-bond donors (Lipinski definition) is 2. The predicted molar refractivity (Wildman–Crippen MR) is 118 cm³/mol. The zero-order chi connectivity index (χ0) is 21.5. The van der Waals surface area contributed by atoms with Gasteiger partial charge < -0.3 is 14.5 Å². The van der Waals surface area contributed by atoms with E-state index in [9.17, 15) is 4.79 Å². The molecule has 31 heavy (non-hydrogen) atoms. The summed E-state index contributed by atoms with van der Waals surface area (Å²) in [7, 11) is 1.59. The molecule has 8 nitrogen and oxygen atoms in total. The molecule has 2 aromatic heterocycles. The van der Waals surface area contributed by atoms with Crippen LogP contribution in [0.2, 0.25) is 0 Å². The van der Waals surface area contributed by atoms with E-state index in [1.807, 2.05) is 66.9 Å². The first-order valence-electron chi connectivity index (χ1n) is 9.62. The Morgan fingerprint density at radius 3 is 2.81 bits per heavy atom. The Balaban J connectivity index is 1.44. The number of nitrogens with one attached hydrogen (secondary N) is 2. The highest BCUT2D eigenvalue weighted by Gasteiger charge is 2.13. The van der Waals surface area contributed by atoms with Crippen LogP contribution in [0.1, 0.15) is 5.56 Å². The standard InChI is InChI=1S/C23H21N5O3/c1-30-20-10-5-7-18(13-20)24-15-22(29)26-25-14-17-16-28(19-8-3-2-4-9-19)27-23(17)21-11-6-12-31-21/h2-14,16,24H,15H2,1H3,(H,26,29)/b25-14-. The lowest BCUT2D eigenvalue weighted by molar-refractivity contribution is -0.119. The number of methoxy groups -OCH3 is 1. The normalized spacial score (nSPS) is 10.9. The molecule has 4 rings (SSSR count). The number of para-hydroxylation sites is 1. The molecular weight excluding hydrogens is 394 g/mol. The topological polar surface area (TPSA) is 93.7 Å². The average molecular weight is 415 g/mol. The van der Waals surface area contributed by atoms with Crippen molar-refractivity contribution >= 4 is 17.8 Å². The van der Waals surface area contributed by atoms with Crippen molar-refractivity contribution in [2.45, 2.75) is 0 Å². The van der Waals surface area contributed by atoms with Crippen molar-refractivity contribution < 1.29 is 13.9 Å². The second kappa shape index (κ2) is 9.45. The summed E-state index contributed by atoms with van der Waals surface area (Å²) in [4.78, 5) is 12.1. The number of hydrogen-bond acceptors (Lipinski definition) is 6. The molecule has 2 heterocycles. The third-order valence-electron chi connectivity index (χ3n) is 4.43. The fourth-order valence-electron chi connectivity index (χ4n) is 2.93. The molecule has 156 valence electrons. The van der Waals surface area contributed by atoms with E-state index in [4.69, 9.17) is 9.15 Å². The van der Waals surface area contributed by atoms with Crippen LogP contribution in [0.4, 0.5) is 5.69 Å². The summed E-state index contributed by atoms with van der Waals surface area (Å²) < 4.78 is 12.4. The highest BCUT2D eigenvalue weighted by molar-refractivity contribution is 5.89. The quantitative estimate of drug-likeness (QED) is 0.338. The molecule has 2 N–H and O–H groups in total. The van der Waals surface area contributed by atoms with Crippen LogP contribution in [-0.2, 0) is 4.79 Å². The van der Waals surface area contributed by atoms with Gasteiger partial charge in [0.05, 0.1) is 31.8 Å². The Bertz CT molecular complexity index is 1170. The lowest BCUT2D eigenvalue weighted by atomic mass is 10.2. The zero-order valence-corrected chi connectivity index (χ0v) is 16.9. The van der Waals surface area contributed by atoms with Crippen molar-refractivity contribution in [3.63, 3.8) is 0 Å². The van der Waals surface area contributed by atoms with Gasteiger partial charge in [-0.1, -0.05) is 24.3 Å². The number of nitrogens with zero attached hydrogens (tertiary/aromatic N) is 3. The first-order chi connectivity index (χ1) is 15.2. The highest BCUT2D eigenvalue weighted by atomic mass is 16.5. The van der Waals surface area contributed by atoms with Gasteiger partial charge in [-0.3, -0.25) is 4.79 Å². The second-order valence-electron chi connectivity index (χ2n) is 6.57. The maximum absolute atomic E-state index is 12.1. The largest absolute Gasteiger partial charge is 0.497 e. The zero-order valence-electron chi connectivity index (χ0n) is 16.9. The number of carbonyl (C=O) groups excluding carboxylic acids is 1. The van der Waals surface area contributed by atoms with Crippen LogP contribution in [0, 0.1) is 0 Å².